The Morgan fingerprint density at radius 2 is 2.25 bits per heavy atom. The van der Waals surface area contributed by atoms with Gasteiger partial charge in [-0.1, -0.05) is 0 Å². The minimum Gasteiger partial charge on any atom is -0.504 e. The molecule has 0 fully saturated rings. The first-order chi connectivity index (χ1) is 9.51. The molecule has 0 saturated carbocycles. The van der Waals surface area contributed by atoms with Crippen LogP contribution in [0.4, 0.5) is 0 Å². The van der Waals surface area contributed by atoms with E-state index in [-0.39, 0.29) is 23.4 Å². The Hall–Kier alpha value is -2.50. The lowest BCUT2D eigenvalue weighted by Gasteiger charge is -2.13. The van der Waals surface area contributed by atoms with Gasteiger partial charge in [0, 0.05) is 24.4 Å². The number of benzene rings is 1. The van der Waals surface area contributed by atoms with Crippen molar-refractivity contribution in [2.45, 2.75) is 13.0 Å². The smallest absolute Gasteiger partial charge is 0.251 e. The summed E-state index contributed by atoms with van der Waals surface area (Å²) in [6.07, 6.45) is 3.56. The van der Waals surface area contributed by atoms with E-state index in [1.165, 1.54) is 19.2 Å². The van der Waals surface area contributed by atoms with Crippen LogP contribution in [0.3, 0.4) is 0 Å². The van der Waals surface area contributed by atoms with Crippen LogP contribution in [0.15, 0.2) is 30.6 Å². The molecule has 6 heteroatoms. The van der Waals surface area contributed by atoms with Crippen molar-refractivity contribution in [3.8, 4) is 11.5 Å². The number of aromatic nitrogens is 2. The summed E-state index contributed by atoms with van der Waals surface area (Å²) in [7, 11) is 3.26. The predicted molar refractivity (Wildman–Crippen MR) is 73.7 cm³/mol. The quantitative estimate of drug-likeness (QED) is 0.889. The molecular weight excluding hydrogens is 258 g/mol. The van der Waals surface area contributed by atoms with Crippen LogP contribution in [0, 0.1) is 0 Å². The number of hydrogen-bond acceptors (Lipinski definition) is 4. The Labute approximate surface area is 117 Å². The number of methoxy groups -OCH3 is 1. The highest BCUT2D eigenvalue weighted by Gasteiger charge is 2.14. The number of phenolic OH excluding ortho intramolecular Hbond substituents is 1. The van der Waals surface area contributed by atoms with Gasteiger partial charge in [0.05, 0.1) is 19.3 Å². The summed E-state index contributed by atoms with van der Waals surface area (Å²) < 4.78 is 6.67. The summed E-state index contributed by atoms with van der Waals surface area (Å²) >= 11 is 0. The molecule has 2 N–H and O–H groups in total. The Balaban J connectivity index is 2.12. The minimum atomic E-state index is -0.236. The third-order valence-corrected chi connectivity index (χ3v) is 3.01. The van der Waals surface area contributed by atoms with Crippen LogP contribution < -0.4 is 10.1 Å². The van der Waals surface area contributed by atoms with Crippen molar-refractivity contribution in [1.82, 2.24) is 15.1 Å². The molecule has 0 bridgehead atoms. The van der Waals surface area contributed by atoms with E-state index in [1.54, 1.807) is 16.9 Å². The molecule has 1 heterocycles. The fourth-order valence-corrected chi connectivity index (χ4v) is 1.85. The third-order valence-electron chi connectivity index (χ3n) is 3.01. The van der Waals surface area contributed by atoms with Gasteiger partial charge in [0.15, 0.2) is 11.5 Å². The number of amides is 1. The van der Waals surface area contributed by atoms with Gasteiger partial charge < -0.3 is 15.2 Å². The van der Waals surface area contributed by atoms with Crippen molar-refractivity contribution in [2.75, 3.05) is 7.11 Å². The topological polar surface area (TPSA) is 76.4 Å². The highest BCUT2D eigenvalue weighted by Crippen LogP contribution is 2.26. The molecule has 0 saturated heterocycles. The average molecular weight is 275 g/mol. The number of aromatic hydroxyl groups is 1. The molecule has 20 heavy (non-hydrogen) atoms. The van der Waals surface area contributed by atoms with Crippen LogP contribution in [0.5, 0.6) is 11.5 Å². The van der Waals surface area contributed by atoms with Crippen molar-refractivity contribution in [3.05, 3.63) is 41.7 Å². The van der Waals surface area contributed by atoms with Gasteiger partial charge in [0.2, 0.25) is 0 Å². The largest absolute Gasteiger partial charge is 0.504 e. The minimum absolute atomic E-state index is 0.00404. The van der Waals surface area contributed by atoms with Gasteiger partial charge >= 0.3 is 0 Å². The molecule has 1 aromatic heterocycles. The zero-order valence-electron chi connectivity index (χ0n) is 11.6. The molecule has 2 rings (SSSR count). The molecule has 0 aliphatic heterocycles. The Kier molecular flexibility index (Phi) is 3.93. The van der Waals surface area contributed by atoms with E-state index in [4.69, 9.17) is 4.74 Å². The summed E-state index contributed by atoms with van der Waals surface area (Å²) in [5.74, 6) is 0.0377. The van der Waals surface area contributed by atoms with E-state index in [0.29, 0.717) is 5.56 Å². The first kappa shape index (κ1) is 13.9. The molecular formula is C14H17N3O3. The third kappa shape index (κ3) is 2.90. The molecule has 1 unspecified atom stereocenters. The van der Waals surface area contributed by atoms with Crippen molar-refractivity contribution in [1.29, 1.82) is 0 Å². The van der Waals surface area contributed by atoms with Crippen LogP contribution in [-0.4, -0.2) is 27.9 Å². The van der Waals surface area contributed by atoms with E-state index in [9.17, 15) is 9.90 Å². The van der Waals surface area contributed by atoms with Gasteiger partial charge in [0.1, 0.15) is 0 Å². The first-order valence-electron chi connectivity index (χ1n) is 6.17. The molecule has 0 aliphatic carbocycles. The molecule has 6 nitrogen and oxygen atoms in total. The summed E-state index contributed by atoms with van der Waals surface area (Å²) in [4.78, 5) is 12.1. The Morgan fingerprint density at radius 1 is 1.50 bits per heavy atom. The highest BCUT2D eigenvalue weighted by atomic mass is 16.5. The number of aryl methyl sites for hydroxylation is 1. The van der Waals surface area contributed by atoms with E-state index in [0.717, 1.165) is 5.56 Å². The fourth-order valence-electron chi connectivity index (χ4n) is 1.85. The molecule has 1 amide bonds. The molecule has 106 valence electrons. The molecule has 0 radical (unpaired) electrons. The highest BCUT2D eigenvalue weighted by molar-refractivity contribution is 5.95. The van der Waals surface area contributed by atoms with Crippen molar-refractivity contribution in [3.63, 3.8) is 0 Å². The van der Waals surface area contributed by atoms with Gasteiger partial charge in [0.25, 0.3) is 5.91 Å². The summed E-state index contributed by atoms with van der Waals surface area (Å²) in [6, 6.07) is 4.32. The maximum absolute atomic E-state index is 12.1. The van der Waals surface area contributed by atoms with E-state index in [2.05, 4.69) is 10.4 Å². The molecule has 1 atom stereocenters. The van der Waals surface area contributed by atoms with E-state index < -0.39 is 0 Å². The van der Waals surface area contributed by atoms with Gasteiger partial charge in [-0.15, -0.1) is 0 Å². The van der Waals surface area contributed by atoms with Crippen molar-refractivity contribution >= 4 is 5.91 Å². The maximum Gasteiger partial charge on any atom is 0.251 e. The molecule has 0 aliphatic rings. The van der Waals surface area contributed by atoms with Crippen molar-refractivity contribution < 1.29 is 14.6 Å². The SMILES string of the molecule is COc1cc(C(=O)NC(C)c2cnn(C)c2)ccc1O. The fraction of sp³-hybridized carbons (Fsp3) is 0.286. The van der Waals surface area contributed by atoms with Gasteiger partial charge in [-0.25, -0.2) is 0 Å². The van der Waals surface area contributed by atoms with Crippen LogP contribution in [-0.2, 0) is 7.05 Å². The lowest BCUT2D eigenvalue weighted by Crippen LogP contribution is -2.26. The number of carbonyl (C=O) groups is 1. The van der Waals surface area contributed by atoms with Gasteiger partial charge in [-0.3, -0.25) is 9.48 Å². The number of phenols is 1. The number of nitrogens with zero attached hydrogens (tertiary/aromatic N) is 2. The summed E-state index contributed by atoms with van der Waals surface area (Å²) in [6.45, 7) is 1.88. The average Bonchev–Trinajstić information content (AvgIpc) is 2.86. The molecule has 1 aromatic carbocycles. The Bertz CT molecular complexity index is 622. The number of carbonyl (C=O) groups excluding carboxylic acids is 1. The lowest BCUT2D eigenvalue weighted by molar-refractivity contribution is 0.0939. The second-order valence-electron chi connectivity index (χ2n) is 4.53. The number of nitrogens with one attached hydrogen (secondary N) is 1. The van der Waals surface area contributed by atoms with Crippen LogP contribution >= 0.6 is 0 Å². The monoisotopic (exact) mass is 275 g/mol. The second-order valence-corrected chi connectivity index (χ2v) is 4.53. The maximum atomic E-state index is 12.1. The molecule has 2 aromatic rings. The normalized spacial score (nSPS) is 11.9. The van der Waals surface area contributed by atoms with Crippen LogP contribution in [0.1, 0.15) is 28.9 Å². The zero-order valence-corrected chi connectivity index (χ0v) is 11.6. The predicted octanol–water partition coefficient (Wildman–Crippen LogP) is 1.63. The standard InChI is InChI=1S/C14H17N3O3/c1-9(11-7-15-17(2)8-11)16-14(19)10-4-5-12(18)13(6-10)20-3/h4-9,18H,1-3H3,(H,16,19). The number of rotatable bonds is 4. The van der Waals surface area contributed by atoms with Crippen LogP contribution in [0.2, 0.25) is 0 Å². The van der Waals surface area contributed by atoms with E-state index >= 15 is 0 Å². The summed E-state index contributed by atoms with van der Waals surface area (Å²) in [5, 5.41) is 16.4. The Morgan fingerprint density at radius 3 is 2.85 bits per heavy atom. The van der Waals surface area contributed by atoms with E-state index in [1.807, 2.05) is 20.2 Å². The van der Waals surface area contributed by atoms with Gasteiger partial charge in [-0.2, -0.15) is 5.10 Å². The lowest BCUT2D eigenvalue weighted by atomic mass is 10.1. The first-order valence-corrected chi connectivity index (χ1v) is 6.17. The number of hydrogen-bond donors (Lipinski definition) is 2. The zero-order chi connectivity index (χ0) is 14.7. The second kappa shape index (κ2) is 5.64. The summed E-state index contributed by atoms with van der Waals surface area (Å²) in [5.41, 5.74) is 1.35. The number of ether oxygens (including phenoxy) is 1. The van der Waals surface area contributed by atoms with Crippen molar-refractivity contribution in [2.24, 2.45) is 7.05 Å². The van der Waals surface area contributed by atoms with Crippen LogP contribution in [0.25, 0.3) is 0 Å². The van der Waals surface area contributed by atoms with Gasteiger partial charge in [-0.05, 0) is 25.1 Å². The molecule has 0 spiro atoms.